The number of hydrogen-bond acceptors (Lipinski definition) is 3. The van der Waals surface area contributed by atoms with Gasteiger partial charge in [-0.25, -0.2) is 4.39 Å². The Morgan fingerprint density at radius 2 is 2.05 bits per heavy atom. The van der Waals surface area contributed by atoms with Crippen LogP contribution in [0.25, 0.3) is 0 Å². The Morgan fingerprint density at radius 3 is 2.57 bits per heavy atom. The number of nitrogens with one attached hydrogen (secondary N) is 1. The summed E-state index contributed by atoms with van der Waals surface area (Å²) in [5.41, 5.74) is 4.86. The van der Waals surface area contributed by atoms with Gasteiger partial charge in [-0.2, -0.15) is 13.2 Å². The van der Waals surface area contributed by atoms with E-state index in [-0.39, 0.29) is 11.6 Å². The highest BCUT2D eigenvalue weighted by molar-refractivity contribution is 5.50. The van der Waals surface area contributed by atoms with Gasteiger partial charge < -0.3 is 16.0 Å². The molecule has 21 heavy (non-hydrogen) atoms. The van der Waals surface area contributed by atoms with Crippen LogP contribution in [-0.2, 0) is 6.18 Å². The number of hydrogen-bond donors (Lipinski definition) is 2. The molecule has 0 radical (unpaired) electrons. The van der Waals surface area contributed by atoms with Crippen molar-refractivity contribution >= 4 is 5.69 Å². The summed E-state index contributed by atoms with van der Waals surface area (Å²) < 4.78 is 51.7. The van der Waals surface area contributed by atoms with Crippen molar-refractivity contribution in [3.63, 3.8) is 0 Å². The van der Waals surface area contributed by atoms with E-state index in [1.165, 1.54) is 0 Å². The van der Waals surface area contributed by atoms with E-state index in [0.29, 0.717) is 31.5 Å². The average molecular weight is 303 g/mol. The van der Waals surface area contributed by atoms with Gasteiger partial charge in [0.1, 0.15) is 5.82 Å². The highest BCUT2D eigenvalue weighted by Crippen LogP contribution is 2.33. The second kappa shape index (κ2) is 5.83. The van der Waals surface area contributed by atoms with Crippen molar-refractivity contribution in [1.29, 1.82) is 0 Å². The van der Waals surface area contributed by atoms with Gasteiger partial charge in [0.05, 0.1) is 11.4 Å². The van der Waals surface area contributed by atoms with Crippen molar-refractivity contribution in [2.75, 3.05) is 24.5 Å². The number of rotatable bonds is 4. The first-order valence-electron chi connectivity index (χ1n) is 6.63. The highest BCUT2D eigenvalue weighted by atomic mass is 19.4. The molecule has 3 nitrogen and oxygen atoms in total. The summed E-state index contributed by atoms with van der Waals surface area (Å²) >= 11 is 0. The molecular formula is C14H17F4N3. The van der Waals surface area contributed by atoms with Crippen LogP contribution in [0.2, 0.25) is 0 Å². The monoisotopic (exact) mass is 303 g/mol. The van der Waals surface area contributed by atoms with Crippen molar-refractivity contribution in [3.8, 4) is 0 Å². The van der Waals surface area contributed by atoms with E-state index in [0.717, 1.165) is 12.1 Å². The molecule has 2 rings (SSSR count). The van der Waals surface area contributed by atoms with Crippen LogP contribution >= 0.6 is 0 Å². The van der Waals surface area contributed by atoms with Crippen molar-refractivity contribution in [2.45, 2.75) is 13.1 Å². The Labute approximate surface area is 120 Å². The predicted molar refractivity (Wildman–Crippen MR) is 73.1 cm³/mol. The molecule has 1 aliphatic heterocycles. The smallest absolute Gasteiger partial charge is 0.386 e. The maximum absolute atomic E-state index is 13.5. The van der Waals surface area contributed by atoms with E-state index < -0.39 is 17.6 Å². The summed E-state index contributed by atoms with van der Waals surface area (Å²) in [5, 5.41) is 2.96. The van der Waals surface area contributed by atoms with Gasteiger partial charge in [-0.1, -0.05) is 0 Å². The van der Waals surface area contributed by atoms with Crippen LogP contribution in [0.15, 0.2) is 30.1 Å². The molecule has 0 amide bonds. The minimum Gasteiger partial charge on any atom is -0.386 e. The largest absolute Gasteiger partial charge is 0.416 e. The van der Waals surface area contributed by atoms with Crippen molar-refractivity contribution < 1.29 is 17.6 Å². The molecule has 0 unspecified atom stereocenters. The number of nitrogens with zero attached hydrogens (tertiary/aromatic N) is 1. The minimum absolute atomic E-state index is 0.0857. The Hall–Kier alpha value is -1.92. The second-order valence-electron chi connectivity index (χ2n) is 5.00. The molecule has 7 heteroatoms. The Balaban J connectivity index is 2.23. The number of anilines is 1. The molecular weight excluding hydrogens is 286 g/mol. The van der Waals surface area contributed by atoms with Crippen LogP contribution < -0.4 is 16.0 Å². The van der Waals surface area contributed by atoms with E-state index in [2.05, 4.69) is 5.32 Å². The van der Waals surface area contributed by atoms with Crippen LogP contribution in [0.4, 0.5) is 23.2 Å². The molecule has 0 saturated carbocycles. The molecule has 1 heterocycles. The lowest BCUT2D eigenvalue weighted by Crippen LogP contribution is -2.31. The fourth-order valence-corrected chi connectivity index (χ4v) is 2.36. The summed E-state index contributed by atoms with van der Waals surface area (Å²) in [4.78, 5) is 1.71. The maximum Gasteiger partial charge on any atom is 0.416 e. The first-order valence-corrected chi connectivity index (χ1v) is 6.63. The fraction of sp³-hybridized carbons (Fsp3) is 0.429. The zero-order valence-corrected chi connectivity index (χ0v) is 11.5. The van der Waals surface area contributed by atoms with Gasteiger partial charge >= 0.3 is 6.18 Å². The standard InChI is InChI=1S/C14H17F4N3/c1-2-21(8-9-3-13(19)20-7-9)12-5-10(14(16,17)18)4-11(15)6-12/h3-6,9,20H,2,7-8,19H2,1H3/t9-/m1/s1. The lowest BCUT2D eigenvalue weighted by molar-refractivity contribution is -0.137. The molecule has 0 fully saturated rings. The number of alkyl halides is 3. The lowest BCUT2D eigenvalue weighted by atomic mass is 10.1. The Morgan fingerprint density at radius 1 is 1.33 bits per heavy atom. The van der Waals surface area contributed by atoms with Gasteiger partial charge in [0.2, 0.25) is 0 Å². The second-order valence-corrected chi connectivity index (χ2v) is 5.00. The molecule has 1 atom stereocenters. The van der Waals surface area contributed by atoms with E-state index in [4.69, 9.17) is 5.73 Å². The molecule has 1 aromatic carbocycles. The van der Waals surface area contributed by atoms with Crippen molar-refractivity contribution in [3.05, 3.63) is 41.5 Å². The van der Waals surface area contributed by atoms with Crippen LogP contribution in [0.5, 0.6) is 0 Å². The fourth-order valence-electron chi connectivity index (χ4n) is 2.36. The molecule has 0 aliphatic carbocycles. The average Bonchev–Trinajstić information content (AvgIpc) is 2.79. The molecule has 116 valence electrons. The summed E-state index contributed by atoms with van der Waals surface area (Å²) in [7, 11) is 0. The molecule has 0 aromatic heterocycles. The van der Waals surface area contributed by atoms with E-state index in [1.807, 2.05) is 13.0 Å². The topological polar surface area (TPSA) is 41.3 Å². The third kappa shape index (κ3) is 3.80. The summed E-state index contributed by atoms with van der Waals surface area (Å²) in [6.45, 7) is 3.40. The van der Waals surface area contributed by atoms with Crippen molar-refractivity contribution in [2.24, 2.45) is 11.7 Å². The number of benzene rings is 1. The zero-order valence-electron chi connectivity index (χ0n) is 11.5. The zero-order chi connectivity index (χ0) is 15.6. The van der Waals surface area contributed by atoms with Gasteiger partial charge in [-0.3, -0.25) is 0 Å². The summed E-state index contributed by atoms with van der Waals surface area (Å²) in [6.07, 6.45) is -2.73. The molecule has 0 bridgehead atoms. The van der Waals surface area contributed by atoms with E-state index in [9.17, 15) is 17.6 Å². The molecule has 0 saturated heterocycles. The van der Waals surface area contributed by atoms with Gasteiger partial charge in [-0.05, 0) is 31.2 Å². The Bertz CT molecular complexity index is 540. The van der Waals surface area contributed by atoms with Gasteiger partial charge in [0, 0.05) is 31.2 Å². The molecule has 3 N–H and O–H groups in total. The lowest BCUT2D eigenvalue weighted by Gasteiger charge is -2.26. The van der Waals surface area contributed by atoms with E-state index in [1.54, 1.807) is 4.90 Å². The predicted octanol–water partition coefficient (Wildman–Crippen LogP) is 2.69. The van der Waals surface area contributed by atoms with Crippen molar-refractivity contribution in [1.82, 2.24) is 5.32 Å². The summed E-state index contributed by atoms with van der Waals surface area (Å²) in [5.74, 6) is -0.244. The first kappa shape index (κ1) is 15.5. The van der Waals surface area contributed by atoms with Crippen LogP contribution in [0, 0.1) is 11.7 Å². The SMILES string of the molecule is CCN(C[C@@H]1C=C(N)NC1)c1cc(F)cc(C(F)(F)F)c1. The quantitative estimate of drug-likeness (QED) is 0.840. The van der Waals surface area contributed by atoms with Crippen LogP contribution in [-0.4, -0.2) is 19.6 Å². The van der Waals surface area contributed by atoms with Crippen LogP contribution in [0.3, 0.4) is 0 Å². The first-order chi connectivity index (χ1) is 9.79. The highest BCUT2D eigenvalue weighted by Gasteiger charge is 2.32. The van der Waals surface area contributed by atoms with Gasteiger partial charge in [0.15, 0.2) is 0 Å². The van der Waals surface area contributed by atoms with Gasteiger partial charge in [-0.15, -0.1) is 0 Å². The third-order valence-corrected chi connectivity index (χ3v) is 3.40. The molecule has 1 aromatic rings. The number of nitrogens with two attached hydrogens (primary N) is 1. The molecule has 0 spiro atoms. The Kier molecular flexibility index (Phi) is 4.29. The number of halogens is 4. The maximum atomic E-state index is 13.5. The minimum atomic E-state index is -4.56. The van der Waals surface area contributed by atoms with E-state index >= 15 is 0 Å². The molecule has 1 aliphatic rings. The normalized spacial score (nSPS) is 18.3. The summed E-state index contributed by atoms with van der Waals surface area (Å²) in [6, 6.07) is 2.60. The third-order valence-electron chi connectivity index (χ3n) is 3.40. The van der Waals surface area contributed by atoms with Crippen LogP contribution in [0.1, 0.15) is 12.5 Å². The van der Waals surface area contributed by atoms with Gasteiger partial charge in [0.25, 0.3) is 0 Å².